The molecule has 4 aromatic rings. The second kappa shape index (κ2) is 8.34. The number of piperidine rings is 1. The minimum absolute atomic E-state index is 0.0214. The van der Waals surface area contributed by atoms with Gasteiger partial charge in [-0.15, -0.1) is 0 Å². The number of carbonyl (C=O) groups is 2. The molecule has 162 valence electrons. The average Bonchev–Trinajstić information content (AvgIpc) is 3.49. The van der Waals surface area contributed by atoms with E-state index in [1.54, 1.807) is 11.2 Å². The fourth-order valence-electron chi connectivity index (χ4n) is 4.12. The molecule has 2 aromatic carbocycles. The Labute approximate surface area is 185 Å². The van der Waals surface area contributed by atoms with Crippen LogP contribution in [-0.2, 0) is 4.79 Å². The quantitative estimate of drug-likeness (QED) is 0.496. The summed E-state index contributed by atoms with van der Waals surface area (Å²) in [6.07, 6.45) is 3.17. The summed E-state index contributed by atoms with van der Waals surface area (Å²) in [5, 5.41) is 3.01. The molecule has 0 radical (unpaired) electrons. The molecule has 1 aliphatic rings. The van der Waals surface area contributed by atoms with E-state index in [9.17, 15) is 9.59 Å². The van der Waals surface area contributed by atoms with Crippen LogP contribution in [-0.4, -0.2) is 39.8 Å². The van der Waals surface area contributed by atoms with Crippen LogP contribution >= 0.6 is 0 Å². The van der Waals surface area contributed by atoms with Gasteiger partial charge >= 0.3 is 0 Å². The number of nitrogens with zero attached hydrogens (tertiary/aromatic N) is 2. The van der Waals surface area contributed by atoms with Gasteiger partial charge in [-0.25, -0.2) is 4.98 Å². The maximum Gasteiger partial charge on any atom is 0.253 e. The number of amides is 2. The molecule has 1 fully saturated rings. The zero-order chi connectivity index (χ0) is 22.1. The van der Waals surface area contributed by atoms with E-state index in [2.05, 4.69) is 15.3 Å². The van der Waals surface area contributed by atoms with Crippen molar-refractivity contribution in [3.63, 3.8) is 0 Å². The summed E-state index contributed by atoms with van der Waals surface area (Å²) < 4.78 is 5.39. The van der Waals surface area contributed by atoms with Crippen LogP contribution in [0.25, 0.3) is 22.6 Å². The van der Waals surface area contributed by atoms with Crippen molar-refractivity contribution < 1.29 is 14.0 Å². The van der Waals surface area contributed by atoms with Crippen LogP contribution in [0.2, 0.25) is 0 Å². The highest BCUT2D eigenvalue weighted by Gasteiger charge is 2.29. The van der Waals surface area contributed by atoms with Crippen LogP contribution in [0.5, 0.6) is 0 Å². The number of hydrogen-bond donors (Lipinski definition) is 2. The first-order valence-electron chi connectivity index (χ1n) is 10.8. The summed E-state index contributed by atoms with van der Waals surface area (Å²) in [7, 11) is 0. The smallest absolute Gasteiger partial charge is 0.253 e. The highest BCUT2D eigenvalue weighted by atomic mass is 16.3. The van der Waals surface area contributed by atoms with Crippen molar-refractivity contribution in [1.29, 1.82) is 0 Å². The Balaban J connectivity index is 1.27. The van der Waals surface area contributed by atoms with Gasteiger partial charge in [0.2, 0.25) is 5.91 Å². The van der Waals surface area contributed by atoms with Gasteiger partial charge in [0.25, 0.3) is 5.91 Å². The van der Waals surface area contributed by atoms with Crippen LogP contribution < -0.4 is 5.32 Å². The largest absolute Gasteiger partial charge is 0.461 e. The Bertz CT molecular complexity index is 1260. The number of benzene rings is 2. The van der Waals surface area contributed by atoms with E-state index in [4.69, 9.17) is 4.42 Å². The molecule has 1 atom stereocenters. The first kappa shape index (κ1) is 20.1. The monoisotopic (exact) mass is 428 g/mol. The van der Waals surface area contributed by atoms with Crippen molar-refractivity contribution in [3.05, 3.63) is 72.0 Å². The van der Waals surface area contributed by atoms with Crippen LogP contribution in [0.1, 0.15) is 28.8 Å². The maximum atomic E-state index is 13.0. The van der Waals surface area contributed by atoms with Crippen LogP contribution in [0, 0.1) is 12.8 Å². The zero-order valence-electron chi connectivity index (χ0n) is 17.8. The van der Waals surface area contributed by atoms with E-state index < -0.39 is 0 Å². The first-order chi connectivity index (χ1) is 15.6. The Hall–Kier alpha value is -3.87. The van der Waals surface area contributed by atoms with E-state index in [1.807, 2.05) is 61.5 Å². The number of nitrogens with one attached hydrogen (secondary N) is 2. The number of H-pyrrole nitrogens is 1. The molecule has 3 heterocycles. The number of anilines is 1. The number of aromatic amines is 1. The lowest BCUT2D eigenvalue weighted by atomic mass is 9.96. The maximum absolute atomic E-state index is 13.0. The van der Waals surface area contributed by atoms with Gasteiger partial charge in [-0.05, 0) is 62.2 Å². The topological polar surface area (TPSA) is 91.2 Å². The molecule has 0 saturated carbocycles. The van der Waals surface area contributed by atoms with Crippen molar-refractivity contribution in [2.75, 3.05) is 18.4 Å². The standard InChI is InChI=1S/C25H24N4O3/c1-16-6-8-17(9-7-16)25(31)29-12-2-4-18(15-29)24(30)26-19-10-11-20-21(14-19)28-23(27-20)22-5-3-13-32-22/h3,5-11,13-14,18H,2,4,12,15H2,1H3,(H,26,30)(H,27,28). The van der Waals surface area contributed by atoms with E-state index in [0.29, 0.717) is 35.9 Å². The van der Waals surface area contributed by atoms with Crippen LogP contribution in [0.15, 0.2) is 65.3 Å². The molecular formula is C25H24N4O3. The molecule has 1 saturated heterocycles. The molecule has 7 heteroatoms. The third-order valence-corrected chi connectivity index (χ3v) is 5.88. The lowest BCUT2D eigenvalue weighted by molar-refractivity contribution is -0.121. The van der Waals surface area contributed by atoms with Crippen molar-refractivity contribution in [2.45, 2.75) is 19.8 Å². The van der Waals surface area contributed by atoms with Crippen molar-refractivity contribution in [1.82, 2.24) is 14.9 Å². The number of rotatable bonds is 4. The molecule has 0 aliphatic carbocycles. The lowest BCUT2D eigenvalue weighted by Crippen LogP contribution is -2.43. The normalized spacial score (nSPS) is 16.3. The molecule has 2 aromatic heterocycles. The molecule has 2 N–H and O–H groups in total. The van der Waals surface area contributed by atoms with Crippen molar-refractivity contribution >= 4 is 28.5 Å². The summed E-state index contributed by atoms with van der Waals surface area (Å²) >= 11 is 0. The summed E-state index contributed by atoms with van der Waals surface area (Å²) in [6.45, 7) is 3.09. The van der Waals surface area contributed by atoms with E-state index in [1.165, 1.54) is 0 Å². The van der Waals surface area contributed by atoms with Crippen LogP contribution in [0.4, 0.5) is 5.69 Å². The molecule has 1 aliphatic heterocycles. The molecule has 0 spiro atoms. The fraction of sp³-hybridized carbons (Fsp3) is 0.240. The minimum Gasteiger partial charge on any atom is -0.461 e. The fourth-order valence-corrected chi connectivity index (χ4v) is 4.12. The zero-order valence-corrected chi connectivity index (χ0v) is 17.8. The summed E-state index contributed by atoms with van der Waals surface area (Å²) in [5.41, 5.74) is 4.08. The van der Waals surface area contributed by atoms with Gasteiger partial charge in [0, 0.05) is 24.3 Å². The predicted octanol–water partition coefficient (Wildman–Crippen LogP) is 4.62. The molecular weight excluding hydrogens is 404 g/mol. The van der Waals surface area contributed by atoms with Crippen molar-refractivity contribution in [3.8, 4) is 11.6 Å². The Morgan fingerprint density at radius 2 is 2.00 bits per heavy atom. The van der Waals surface area contributed by atoms with Crippen LogP contribution in [0.3, 0.4) is 0 Å². The minimum atomic E-state index is -0.241. The molecule has 1 unspecified atom stereocenters. The summed E-state index contributed by atoms with van der Waals surface area (Å²) in [5.74, 6) is 0.969. The number of carbonyl (C=O) groups excluding carboxylic acids is 2. The van der Waals surface area contributed by atoms with Gasteiger partial charge < -0.3 is 19.6 Å². The lowest BCUT2D eigenvalue weighted by Gasteiger charge is -2.32. The van der Waals surface area contributed by atoms with Gasteiger partial charge in [-0.1, -0.05) is 17.7 Å². The summed E-state index contributed by atoms with van der Waals surface area (Å²) in [6, 6.07) is 16.8. The van der Waals surface area contributed by atoms with Gasteiger partial charge in [0.1, 0.15) is 0 Å². The number of aromatic nitrogens is 2. The van der Waals surface area contributed by atoms with E-state index in [0.717, 1.165) is 29.4 Å². The van der Waals surface area contributed by atoms with Gasteiger partial charge in [-0.2, -0.15) is 0 Å². The molecule has 0 bridgehead atoms. The van der Waals surface area contributed by atoms with E-state index >= 15 is 0 Å². The predicted molar refractivity (Wildman–Crippen MR) is 122 cm³/mol. The van der Waals surface area contributed by atoms with Gasteiger partial charge in [0.15, 0.2) is 11.6 Å². The Morgan fingerprint density at radius 1 is 1.16 bits per heavy atom. The highest BCUT2D eigenvalue weighted by molar-refractivity contribution is 5.97. The Kier molecular flexibility index (Phi) is 5.23. The Morgan fingerprint density at radius 3 is 2.78 bits per heavy atom. The molecule has 5 rings (SSSR count). The molecule has 2 amide bonds. The third kappa shape index (κ3) is 4.01. The second-order valence-corrected chi connectivity index (χ2v) is 8.24. The van der Waals surface area contributed by atoms with E-state index in [-0.39, 0.29) is 17.7 Å². The number of hydrogen-bond acceptors (Lipinski definition) is 4. The number of fused-ring (bicyclic) bond motifs is 1. The number of likely N-dealkylation sites (tertiary alicyclic amines) is 1. The third-order valence-electron chi connectivity index (χ3n) is 5.88. The molecule has 7 nitrogen and oxygen atoms in total. The van der Waals surface area contributed by atoms with Crippen molar-refractivity contribution in [2.24, 2.45) is 5.92 Å². The highest BCUT2D eigenvalue weighted by Crippen LogP contribution is 2.25. The molecule has 32 heavy (non-hydrogen) atoms. The number of imidazole rings is 1. The average molecular weight is 428 g/mol. The number of furan rings is 1. The summed E-state index contributed by atoms with van der Waals surface area (Å²) in [4.78, 5) is 35.3. The second-order valence-electron chi connectivity index (χ2n) is 8.24. The first-order valence-corrected chi connectivity index (χ1v) is 10.8. The SMILES string of the molecule is Cc1ccc(C(=O)N2CCCC(C(=O)Nc3ccc4nc(-c5ccco5)[nH]c4c3)C2)cc1. The van der Waals surface area contributed by atoms with Gasteiger partial charge in [0.05, 0.1) is 23.2 Å². The number of aryl methyl sites for hydroxylation is 1. The van der Waals surface area contributed by atoms with Gasteiger partial charge in [-0.3, -0.25) is 9.59 Å².